The monoisotopic (exact) mass is 445 g/mol. The molecule has 6 nitrogen and oxygen atoms in total. The number of hydrogen-bond donors (Lipinski definition) is 2. The number of thioether (sulfide) groups is 1. The number of hydrogen-bond acceptors (Lipinski definition) is 6. The third kappa shape index (κ3) is 5.30. The predicted molar refractivity (Wildman–Crippen MR) is 124 cm³/mol. The van der Waals surface area contributed by atoms with E-state index in [0.29, 0.717) is 52.0 Å². The van der Waals surface area contributed by atoms with Crippen LogP contribution in [-0.4, -0.2) is 35.6 Å². The van der Waals surface area contributed by atoms with Gasteiger partial charge in [0, 0.05) is 24.7 Å². The highest BCUT2D eigenvalue weighted by molar-refractivity contribution is 7.98. The predicted octanol–water partition coefficient (Wildman–Crippen LogP) is 4.36. The Balaban J connectivity index is 1.76. The van der Waals surface area contributed by atoms with Crippen LogP contribution in [0.5, 0.6) is 0 Å². The van der Waals surface area contributed by atoms with Gasteiger partial charge < -0.3 is 15.0 Å². The molecule has 30 heavy (non-hydrogen) atoms. The summed E-state index contributed by atoms with van der Waals surface area (Å²) in [5.41, 5.74) is 2.88. The fourth-order valence-electron chi connectivity index (χ4n) is 3.08. The minimum absolute atomic E-state index is 0.169. The molecular weight excluding hydrogens is 418 g/mol. The quantitative estimate of drug-likeness (QED) is 0.378. The van der Waals surface area contributed by atoms with Crippen molar-refractivity contribution in [1.82, 2.24) is 15.3 Å². The Labute approximate surface area is 184 Å². The number of carbonyl (C=O) groups is 1. The molecule has 3 rings (SSSR count). The molecule has 2 N–H and O–H groups in total. The second-order valence-electron chi connectivity index (χ2n) is 7.11. The number of nitrogens with one attached hydrogen (secondary N) is 2. The Bertz CT molecular complexity index is 1100. The molecule has 8 heteroatoms. The van der Waals surface area contributed by atoms with E-state index in [2.05, 4.69) is 47.3 Å². The molecule has 0 bridgehead atoms. The summed E-state index contributed by atoms with van der Waals surface area (Å²) in [7, 11) is 0. The molecule has 1 aromatic carbocycles. The summed E-state index contributed by atoms with van der Waals surface area (Å²) >= 11 is 2.92. The van der Waals surface area contributed by atoms with E-state index in [0.717, 1.165) is 6.42 Å². The van der Waals surface area contributed by atoms with Crippen molar-refractivity contribution in [2.45, 2.75) is 44.8 Å². The third-order valence-corrected chi connectivity index (χ3v) is 7.07. The zero-order valence-corrected chi connectivity index (χ0v) is 19.4. The van der Waals surface area contributed by atoms with Gasteiger partial charge in [0.2, 0.25) is 0 Å². The van der Waals surface area contributed by atoms with E-state index in [-0.39, 0.29) is 11.5 Å². The molecule has 3 aromatic rings. The minimum Gasteiger partial charge on any atom is -0.382 e. The van der Waals surface area contributed by atoms with Crippen molar-refractivity contribution in [3.8, 4) is 0 Å². The summed E-state index contributed by atoms with van der Waals surface area (Å²) in [6, 6.07) is 6.32. The van der Waals surface area contributed by atoms with Crippen LogP contribution < -0.4 is 10.9 Å². The standard InChI is InChI=1S/C22H27N3O3S2/c1-5-28-10-6-9-23-21(27)19-15(4)18-20(26)24-17(25-22(18)30-19)12-29-16-11-13(2)7-8-14(16)3/h7-8,11H,5-6,9-10,12H2,1-4H3,(H,23,27)(H,24,25,26). The van der Waals surface area contributed by atoms with Crippen LogP contribution in [0.1, 0.15) is 45.5 Å². The maximum atomic E-state index is 12.7. The molecule has 0 aliphatic heterocycles. The molecule has 0 atom stereocenters. The number of fused-ring (bicyclic) bond motifs is 1. The van der Waals surface area contributed by atoms with Crippen LogP contribution in [0.15, 0.2) is 27.9 Å². The number of amides is 1. The van der Waals surface area contributed by atoms with Crippen molar-refractivity contribution in [1.29, 1.82) is 0 Å². The molecule has 0 unspecified atom stereocenters. The first-order chi connectivity index (χ1) is 14.4. The van der Waals surface area contributed by atoms with Gasteiger partial charge in [-0.3, -0.25) is 9.59 Å². The van der Waals surface area contributed by atoms with Gasteiger partial charge in [-0.15, -0.1) is 23.1 Å². The lowest BCUT2D eigenvalue weighted by atomic mass is 10.2. The Hall–Kier alpha value is -2.16. The van der Waals surface area contributed by atoms with Crippen molar-refractivity contribution in [2.24, 2.45) is 0 Å². The number of aryl methyl sites for hydroxylation is 3. The fourth-order valence-corrected chi connectivity index (χ4v) is 5.19. The molecule has 0 saturated carbocycles. The Morgan fingerprint density at radius 2 is 2.10 bits per heavy atom. The molecule has 0 radical (unpaired) electrons. The SMILES string of the molecule is CCOCCCNC(=O)c1sc2nc(CSc3cc(C)ccc3C)[nH]c(=O)c2c1C. The van der Waals surface area contributed by atoms with E-state index >= 15 is 0 Å². The Morgan fingerprint density at radius 3 is 2.87 bits per heavy atom. The maximum Gasteiger partial charge on any atom is 0.261 e. The minimum atomic E-state index is -0.194. The van der Waals surface area contributed by atoms with Crippen LogP contribution in [0.4, 0.5) is 0 Å². The van der Waals surface area contributed by atoms with Crippen LogP contribution in [0.3, 0.4) is 0 Å². The van der Waals surface area contributed by atoms with E-state index in [9.17, 15) is 9.59 Å². The van der Waals surface area contributed by atoms with Crippen LogP contribution in [0, 0.1) is 20.8 Å². The van der Waals surface area contributed by atoms with Crippen molar-refractivity contribution in [3.05, 3.63) is 55.9 Å². The zero-order valence-electron chi connectivity index (χ0n) is 17.8. The van der Waals surface area contributed by atoms with Gasteiger partial charge in [-0.25, -0.2) is 4.98 Å². The number of rotatable bonds is 9. The van der Waals surface area contributed by atoms with Gasteiger partial charge in [0.25, 0.3) is 11.5 Å². The molecule has 0 saturated heterocycles. The van der Waals surface area contributed by atoms with Crippen LogP contribution in [0.2, 0.25) is 0 Å². The van der Waals surface area contributed by atoms with Gasteiger partial charge in [-0.05, 0) is 51.3 Å². The molecule has 2 aromatic heterocycles. The van der Waals surface area contributed by atoms with Crippen molar-refractivity contribution >= 4 is 39.2 Å². The maximum absolute atomic E-state index is 12.7. The molecular formula is C22H27N3O3S2. The third-order valence-electron chi connectivity index (χ3n) is 4.72. The number of ether oxygens (including phenoxy) is 1. The van der Waals surface area contributed by atoms with Gasteiger partial charge in [-0.1, -0.05) is 17.7 Å². The number of aromatic amines is 1. The first-order valence-electron chi connectivity index (χ1n) is 9.99. The summed E-state index contributed by atoms with van der Waals surface area (Å²) in [6.45, 7) is 9.70. The topological polar surface area (TPSA) is 84.1 Å². The van der Waals surface area contributed by atoms with Gasteiger partial charge >= 0.3 is 0 Å². The Morgan fingerprint density at radius 1 is 1.30 bits per heavy atom. The number of thiophene rings is 1. The summed E-state index contributed by atoms with van der Waals surface area (Å²) in [5, 5.41) is 3.40. The van der Waals surface area contributed by atoms with E-state index < -0.39 is 0 Å². The average molecular weight is 446 g/mol. The number of aromatic nitrogens is 2. The van der Waals surface area contributed by atoms with Crippen molar-refractivity contribution < 1.29 is 9.53 Å². The second kappa shape index (κ2) is 10.2. The van der Waals surface area contributed by atoms with Crippen LogP contribution >= 0.6 is 23.1 Å². The van der Waals surface area contributed by atoms with Gasteiger partial charge in [0.05, 0.1) is 16.0 Å². The summed E-state index contributed by atoms with van der Waals surface area (Å²) in [6.07, 6.45) is 0.752. The zero-order chi connectivity index (χ0) is 21.7. The lowest BCUT2D eigenvalue weighted by molar-refractivity contribution is 0.0948. The van der Waals surface area contributed by atoms with Crippen molar-refractivity contribution in [3.63, 3.8) is 0 Å². The molecule has 0 aliphatic rings. The smallest absolute Gasteiger partial charge is 0.261 e. The fraction of sp³-hybridized carbons (Fsp3) is 0.409. The lowest BCUT2D eigenvalue weighted by Gasteiger charge is -2.06. The van der Waals surface area contributed by atoms with E-state index in [1.807, 2.05) is 6.92 Å². The van der Waals surface area contributed by atoms with E-state index in [1.54, 1.807) is 18.7 Å². The first-order valence-corrected chi connectivity index (χ1v) is 11.8. The van der Waals surface area contributed by atoms with Gasteiger partial charge in [-0.2, -0.15) is 0 Å². The average Bonchev–Trinajstić information content (AvgIpc) is 3.05. The lowest BCUT2D eigenvalue weighted by Crippen LogP contribution is -2.25. The molecule has 0 fully saturated rings. The summed E-state index contributed by atoms with van der Waals surface area (Å²) in [4.78, 5) is 35.1. The first kappa shape index (κ1) is 22.5. The molecule has 2 heterocycles. The van der Waals surface area contributed by atoms with Gasteiger partial charge in [0.1, 0.15) is 10.7 Å². The molecule has 160 valence electrons. The Kier molecular flexibility index (Phi) is 7.69. The van der Waals surface area contributed by atoms with Crippen molar-refractivity contribution in [2.75, 3.05) is 19.8 Å². The number of carbonyl (C=O) groups excluding carboxylic acids is 1. The number of benzene rings is 1. The van der Waals surface area contributed by atoms with Crippen LogP contribution in [0.25, 0.3) is 10.2 Å². The number of H-pyrrole nitrogens is 1. The summed E-state index contributed by atoms with van der Waals surface area (Å²) in [5.74, 6) is 1.01. The largest absolute Gasteiger partial charge is 0.382 e. The second-order valence-corrected chi connectivity index (χ2v) is 9.13. The number of nitrogens with zero attached hydrogens (tertiary/aromatic N) is 1. The van der Waals surface area contributed by atoms with E-state index in [1.165, 1.54) is 27.4 Å². The summed E-state index contributed by atoms with van der Waals surface area (Å²) < 4.78 is 5.28. The highest BCUT2D eigenvalue weighted by Crippen LogP contribution is 2.29. The molecule has 1 amide bonds. The normalized spacial score (nSPS) is 11.2. The molecule has 0 spiro atoms. The highest BCUT2D eigenvalue weighted by Gasteiger charge is 2.19. The highest BCUT2D eigenvalue weighted by atomic mass is 32.2. The molecule has 0 aliphatic carbocycles. The van der Waals surface area contributed by atoms with Gasteiger partial charge in [0.15, 0.2) is 0 Å². The van der Waals surface area contributed by atoms with E-state index in [4.69, 9.17) is 4.74 Å². The van der Waals surface area contributed by atoms with Crippen LogP contribution in [-0.2, 0) is 10.5 Å².